The molecule has 2 aromatic heterocycles. The van der Waals surface area contributed by atoms with Gasteiger partial charge in [0.2, 0.25) is 11.8 Å². The van der Waals surface area contributed by atoms with Crippen LogP contribution in [0.15, 0.2) is 24.4 Å². The number of carbonyl (C=O) groups is 2. The van der Waals surface area contributed by atoms with Gasteiger partial charge in [0.25, 0.3) is 0 Å². The summed E-state index contributed by atoms with van der Waals surface area (Å²) in [6, 6.07) is 5.39. The summed E-state index contributed by atoms with van der Waals surface area (Å²) in [4.78, 5) is 22.8. The number of aromatic nitrogens is 2. The Kier molecular flexibility index (Phi) is 2.70. The Morgan fingerprint density at radius 3 is 3.00 bits per heavy atom. The normalized spacial score (nSPS) is 19.5. The SMILES string of the molecule is Cc1ccc(NC2CCC(=O)NC2=O)n2nccc12. The van der Waals surface area contributed by atoms with Crippen LogP contribution in [-0.2, 0) is 9.59 Å². The second-order valence-corrected chi connectivity index (χ2v) is 4.68. The Bertz CT molecular complexity index is 662. The molecule has 0 aliphatic carbocycles. The van der Waals surface area contributed by atoms with Crippen molar-refractivity contribution in [3.8, 4) is 0 Å². The number of rotatable bonds is 2. The van der Waals surface area contributed by atoms with E-state index in [-0.39, 0.29) is 11.8 Å². The van der Waals surface area contributed by atoms with Crippen LogP contribution in [0.3, 0.4) is 0 Å². The summed E-state index contributed by atoms with van der Waals surface area (Å²) in [6.45, 7) is 2.01. The fraction of sp³-hybridized carbons (Fsp3) is 0.308. The van der Waals surface area contributed by atoms with Gasteiger partial charge >= 0.3 is 0 Å². The molecule has 2 N–H and O–H groups in total. The zero-order valence-corrected chi connectivity index (χ0v) is 10.5. The molecular weight excluding hydrogens is 244 g/mol. The summed E-state index contributed by atoms with van der Waals surface area (Å²) >= 11 is 0. The zero-order chi connectivity index (χ0) is 13.4. The molecule has 1 aliphatic heterocycles. The first-order valence-electron chi connectivity index (χ1n) is 6.19. The molecule has 1 aliphatic rings. The molecule has 3 rings (SSSR count). The number of hydrogen-bond donors (Lipinski definition) is 2. The molecule has 0 bridgehead atoms. The number of nitrogens with zero attached hydrogens (tertiary/aromatic N) is 2. The van der Waals surface area contributed by atoms with E-state index in [1.165, 1.54) is 0 Å². The van der Waals surface area contributed by atoms with Crippen molar-refractivity contribution in [1.29, 1.82) is 0 Å². The number of amides is 2. The van der Waals surface area contributed by atoms with Gasteiger partial charge in [0.05, 0.1) is 11.7 Å². The summed E-state index contributed by atoms with van der Waals surface area (Å²) in [7, 11) is 0. The number of piperidine rings is 1. The zero-order valence-electron chi connectivity index (χ0n) is 10.5. The number of imide groups is 1. The lowest BCUT2D eigenvalue weighted by Crippen LogP contribution is -2.47. The lowest BCUT2D eigenvalue weighted by Gasteiger charge is -2.23. The van der Waals surface area contributed by atoms with Gasteiger partial charge in [0.1, 0.15) is 11.9 Å². The quantitative estimate of drug-likeness (QED) is 0.783. The number of nitrogens with one attached hydrogen (secondary N) is 2. The molecule has 6 heteroatoms. The Morgan fingerprint density at radius 1 is 1.37 bits per heavy atom. The van der Waals surface area contributed by atoms with E-state index < -0.39 is 6.04 Å². The molecule has 0 saturated carbocycles. The molecule has 0 aromatic carbocycles. The third kappa shape index (κ3) is 2.05. The Hall–Kier alpha value is -2.37. The van der Waals surface area contributed by atoms with Gasteiger partial charge in [-0.25, -0.2) is 4.52 Å². The molecule has 0 radical (unpaired) electrons. The van der Waals surface area contributed by atoms with Crippen LogP contribution in [0.4, 0.5) is 5.82 Å². The number of fused-ring (bicyclic) bond motifs is 1. The first-order valence-corrected chi connectivity index (χ1v) is 6.19. The minimum atomic E-state index is -0.396. The van der Waals surface area contributed by atoms with Crippen LogP contribution in [-0.4, -0.2) is 27.5 Å². The van der Waals surface area contributed by atoms with Crippen LogP contribution in [0.5, 0.6) is 0 Å². The average molecular weight is 258 g/mol. The minimum Gasteiger partial charge on any atom is -0.358 e. The number of pyridine rings is 1. The molecule has 3 heterocycles. The summed E-state index contributed by atoms with van der Waals surface area (Å²) in [6.07, 6.45) is 2.58. The van der Waals surface area contributed by atoms with Crippen LogP contribution >= 0.6 is 0 Å². The van der Waals surface area contributed by atoms with Crippen molar-refractivity contribution in [2.45, 2.75) is 25.8 Å². The van der Waals surface area contributed by atoms with Gasteiger partial charge in [-0.3, -0.25) is 14.9 Å². The highest BCUT2D eigenvalue weighted by atomic mass is 16.2. The van der Waals surface area contributed by atoms with Crippen LogP contribution in [0.25, 0.3) is 5.52 Å². The van der Waals surface area contributed by atoms with E-state index in [4.69, 9.17) is 0 Å². The number of anilines is 1. The van der Waals surface area contributed by atoms with Crippen molar-refractivity contribution in [2.24, 2.45) is 0 Å². The van der Waals surface area contributed by atoms with Crippen LogP contribution in [0.1, 0.15) is 18.4 Å². The third-order valence-corrected chi connectivity index (χ3v) is 3.33. The maximum Gasteiger partial charge on any atom is 0.249 e. The highest BCUT2D eigenvalue weighted by Crippen LogP contribution is 2.18. The lowest BCUT2D eigenvalue weighted by molar-refractivity contribution is -0.133. The van der Waals surface area contributed by atoms with Crippen LogP contribution < -0.4 is 10.6 Å². The van der Waals surface area contributed by atoms with Crippen molar-refractivity contribution >= 4 is 23.1 Å². The third-order valence-electron chi connectivity index (χ3n) is 3.33. The molecular formula is C13H14N4O2. The predicted octanol–water partition coefficient (Wildman–Crippen LogP) is 0.860. The van der Waals surface area contributed by atoms with Gasteiger partial charge in [0, 0.05) is 6.42 Å². The van der Waals surface area contributed by atoms with Crippen molar-refractivity contribution in [3.05, 3.63) is 30.0 Å². The van der Waals surface area contributed by atoms with E-state index in [0.29, 0.717) is 12.8 Å². The Labute approximate surface area is 109 Å². The molecule has 2 amide bonds. The second-order valence-electron chi connectivity index (χ2n) is 4.68. The Balaban J connectivity index is 1.89. The average Bonchev–Trinajstić information content (AvgIpc) is 2.86. The number of hydrogen-bond acceptors (Lipinski definition) is 4. The molecule has 0 spiro atoms. The summed E-state index contributed by atoms with van der Waals surface area (Å²) in [5.74, 6) is 0.258. The summed E-state index contributed by atoms with van der Waals surface area (Å²) < 4.78 is 1.76. The smallest absolute Gasteiger partial charge is 0.249 e. The standard InChI is InChI=1S/C13H14N4O2/c1-8-2-4-11(17-10(8)6-7-14-17)15-9-3-5-12(18)16-13(9)19/h2,4,6-7,9,15H,3,5H2,1H3,(H,16,18,19). The van der Waals surface area contributed by atoms with Crippen LogP contribution in [0.2, 0.25) is 0 Å². The van der Waals surface area contributed by atoms with Gasteiger partial charge in [-0.2, -0.15) is 5.10 Å². The maximum atomic E-state index is 11.7. The van der Waals surface area contributed by atoms with E-state index in [2.05, 4.69) is 15.7 Å². The van der Waals surface area contributed by atoms with E-state index >= 15 is 0 Å². The number of aryl methyl sites for hydroxylation is 1. The first-order chi connectivity index (χ1) is 9.15. The summed E-state index contributed by atoms with van der Waals surface area (Å²) in [5.41, 5.74) is 2.11. The van der Waals surface area contributed by atoms with Crippen molar-refractivity contribution in [1.82, 2.24) is 14.9 Å². The summed E-state index contributed by atoms with van der Waals surface area (Å²) in [5, 5.41) is 9.72. The Morgan fingerprint density at radius 2 is 2.21 bits per heavy atom. The monoisotopic (exact) mass is 258 g/mol. The first kappa shape index (κ1) is 11.7. The molecule has 98 valence electrons. The molecule has 19 heavy (non-hydrogen) atoms. The topological polar surface area (TPSA) is 75.5 Å². The lowest BCUT2D eigenvalue weighted by atomic mass is 10.1. The largest absolute Gasteiger partial charge is 0.358 e. The molecule has 6 nitrogen and oxygen atoms in total. The molecule has 1 atom stereocenters. The van der Waals surface area contributed by atoms with Crippen molar-refractivity contribution in [3.63, 3.8) is 0 Å². The van der Waals surface area contributed by atoms with Crippen LogP contribution in [0, 0.1) is 6.92 Å². The molecule has 2 aromatic rings. The molecule has 1 unspecified atom stereocenters. The van der Waals surface area contributed by atoms with Gasteiger partial charge < -0.3 is 5.32 Å². The molecule has 1 fully saturated rings. The molecule has 1 saturated heterocycles. The van der Waals surface area contributed by atoms with Gasteiger partial charge in [-0.05, 0) is 31.0 Å². The van der Waals surface area contributed by atoms with E-state index in [9.17, 15) is 9.59 Å². The van der Waals surface area contributed by atoms with E-state index in [1.807, 2.05) is 25.1 Å². The fourth-order valence-corrected chi connectivity index (χ4v) is 2.27. The highest BCUT2D eigenvalue weighted by molar-refractivity contribution is 6.01. The second kappa shape index (κ2) is 4.38. The van der Waals surface area contributed by atoms with Crippen molar-refractivity contribution in [2.75, 3.05) is 5.32 Å². The minimum absolute atomic E-state index is 0.212. The van der Waals surface area contributed by atoms with E-state index in [0.717, 1.165) is 16.9 Å². The highest BCUT2D eigenvalue weighted by Gasteiger charge is 2.26. The van der Waals surface area contributed by atoms with Crippen molar-refractivity contribution < 1.29 is 9.59 Å². The van der Waals surface area contributed by atoms with Gasteiger partial charge in [-0.15, -0.1) is 0 Å². The predicted molar refractivity (Wildman–Crippen MR) is 69.7 cm³/mol. The fourth-order valence-electron chi connectivity index (χ4n) is 2.27. The number of carbonyl (C=O) groups excluding carboxylic acids is 2. The van der Waals surface area contributed by atoms with Gasteiger partial charge in [-0.1, -0.05) is 6.07 Å². The van der Waals surface area contributed by atoms with Gasteiger partial charge in [0.15, 0.2) is 0 Å². The van der Waals surface area contributed by atoms with E-state index in [1.54, 1.807) is 10.7 Å². The maximum absolute atomic E-state index is 11.7.